The minimum Gasteiger partial charge on any atom is -0.468 e. The maximum absolute atomic E-state index is 11.8. The molecule has 1 heterocycles. The first-order valence-electron chi connectivity index (χ1n) is 5.17. The molecule has 5 heteroatoms. The summed E-state index contributed by atoms with van der Waals surface area (Å²) in [5.41, 5.74) is -0.0754. The van der Waals surface area contributed by atoms with Crippen molar-refractivity contribution in [3.63, 3.8) is 0 Å². The molecule has 1 amide bonds. The summed E-state index contributed by atoms with van der Waals surface area (Å²) >= 11 is 0. The van der Waals surface area contributed by atoms with Gasteiger partial charge in [-0.25, -0.2) is 4.79 Å². The van der Waals surface area contributed by atoms with E-state index >= 15 is 0 Å². The molecule has 90 valence electrons. The van der Waals surface area contributed by atoms with Crippen LogP contribution in [-0.4, -0.2) is 24.7 Å². The summed E-state index contributed by atoms with van der Waals surface area (Å²) in [4.78, 5) is 23.2. The predicted molar refractivity (Wildman–Crippen MR) is 60.0 cm³/mol. The predicted octanol–water partition coefficient (Wildman–Crippen LogP) is 1.33. The second-order valence-corrected chi connectivity index (χ2v) is 4.27. The average Bonchev–Trinajstić information content (AvgIpc) is 2.26. The Kier molecular flexibility index (Phi) is 2.53. The van der Waals surface area contributed by atoms with Crippen LogP contribution >= 0.6 is 0 Å². The Hall–Kier alpha value is -2.04. The molecule has 0 aliphatic carbocycles. The van der Waals surface area contributed by atoms with Crippen LogP contribution in [0.3, 0.4) is 0 Å². The number of ether oxygens (including phenoxy) is 2. The molecule has 0 saturated heterocycles. The zero-order chi connectivity index (χ0) is 12.6. The maximum atomic E-state index is 11.8. The van der Waals surface area contributed by atoms with E-state index in [1.54, 1.807) is 26.0 Å². The zero-order valence-corrected chi connectivity index (χ0v) is 9.87. The first kappa shape index (κ1) is 11.4. The molecule has 1 aromatic rings. The van der Waals surface area contributed by atoms with Crippen LogP contribution in [0.2, 0.25) is 0 Å². The second-order valence-electron chi connectivity index (χ2n) is 4.27. The van der Waals surface area contributed by atoms with Crippen LogP contribution in [0.1, 0.15) is 34.6 Å². The fraction of sp³-hybridized carbons (Fsp3) is 0.333. The topological polar surface area (TPSA) is 64.6 Å². The highest BCUT2D eigenvalue weighted by Crippen LogP contribution is 2.28. The van der Waals surface area contributed by atoms with E-state index in [-0.39, 0.29) is 5.91 Å². The van der Waals surface area contributed by atoms with Gasteiger partial charge in [-0.1, -0.05) is 0 Å². The first-order valence-corrected chi connectivity index (χ1v) is 5.17. The summed E-state index contributed by atoms with van der Waals surface area (Å²) in [7, 11) is 1.29. The molecule has 0 aromatic heterocycles. The van der Waals surface area contributed by atoms with Crippen molar-refractivity contribution in [1.82, 2.24) is 5.32 Å². The van der Waals surface area contributed by atoms with Gasteiger partial charge in [0.05, 0.1) is 18.2 Å². The number of benzene rings is 1. The van der Waals surface area contributed by atoms with Crippen molar-refractivity contribution in [3.8, 4) is 5.75 Å². The number of nitrogens with one attached hydrogen (secondary N) is 1. The van der Waals surface area contributed by atoms with Gasteiger partial charge in [0.2, 0.25) is 0 Å². The van der Waals surface area contributed by atoms with E-state index in [2.05, 4.69) is 10.1 Å². The highest BCUT2D eigenvalue weighted by molar-refractivity contribution is 6.01. The lowest BCUT2D eigenvalue weighted by Gasteiger charge is -2.33. The van der Waals surface area contributed by atoms with E-state index in [1.807, 2.05) is 0 Å². The standard InChI is InChI=1S/C12H13NO4/c1-12(2)13-10(14)8-6-7(11(15)16-3)4-5-9(8)17-12/h4-6H,1-3H3,(H,13,14). The molecule has 1 N–H and O–H groups in total. The molecule has 17 heavy (non-hydrogen) atoms. The number of esters is 1. The van der Waals surface area contributed by atoms with Gasteiger partial charge in [0, 0.05) is 0 Å². The van der Waals surface area contributed by atoms with Crippen molar-refractivity contribution < 1.29 is 19.1 Å². The molecule has 0 fully saturated rings. The van der Waals surface area contributed by atoms with Gasteiger partial charge in [-0.3, -0.25) is 4.79 Å². The Labute approximate surface area is 98.7 Å². The highest BCUT2D eigenvalue weighted by Gasteiger charge is 2.31. The van der Waals surface area contributed by atoms with Crippen LogP contribution < -0.4 is 10.1 Å². The summed E-state index contributed by atoms with van der Waals surface area (Å²) in [6, 6.07) is 4.63. The van der Waals surface area contributed by atoms with Crippen LogP contribution in [0.15, 0.2) is 18.2 Å². The average molecular weight is 235 g/mol. The van der Waals surface area contributed by atoms with Crippen LogP contribution in [0, 0.1) is 0 Å². The van der Waals surface area contributed by atoms with Gasteiger partial charge in [-0.05, 0) is 32.0 Å². The fourth-order valence-electron chi connectivity index (χ4n) is 1.68. The van der Waals surface area contributed by atoms with Crippen LogP contribution in [0.25, 0.3) is 0 Å². The molecular formula is C12H13NO4. The van der Waals surface area contributed by atoms with E-state index in [0.717, 1.165) is 0 Å². The summed E-state index contributed by atoms with van der Waals surface area (Å²) in [6.45, 7) is 3.50. The van der Waals surface area contributed by atoms with Crippen LogP contribution in [0.5, 0.6) is 5.75 Å². The third-order valence-corrected chi connectivity index (χ3v) is 2.42. The molecule has 1 aliphatic heterocycles. The Morgan fingerprint density at radius 2 is 2.12 bits per heavy atom. The molecule has 5 nitrogen and oxygen atoms in total. The van der Waals surface area contributed by atoms with Crippen LogP contribution in [-0.2, 0) is 4.74 Å². The maximum Gasteiger partial charge on any atom is 0.337 e. The van der Waals surface area contributed by atoms with E-state index in [4.69, 9.17) is 4.74 Å². The van der Waals surface area contributed by atoms with E-state index in [0.29, 0.717) is 16.9 Å². The monoisotopic (exact) mass is 235 g/mol. The van der Waals surface area contributed by atoms with Gasteiger partial charge >= 0.3 is 5.97 Å². The summed E-state index contributed by atoms with van der Waals surface area (Å²) in [5.74, 6) is -0.279. The molecule has 0 radical (unpaired) electrons. The highest BCUT2D eigenvalue weighted by atomic mass is 16.5. The van der Waals surface area contributed by atoms with E-state index < -0.39 is 11.7 Å². The summed E-state index contributed by atoms with van der Waals surface area (Å²) < 4.78 is 10.2. The third kappa shape index (κ3) is 2.08. The molecule has 0 spiro atoms. The smallest absolute Gasteiger partial charge is 0.337 e. The van der Waals surface area contributed by atoms with Gasteiger partial charge in [0.15, 0.2) is 5.72 Å². The Morgan fingerprint density at radius 3 is 2.76 bits per heavy atom. The molecule has 2 rings (SSSR count). The van der Waals surface area contributed by atoms with E-state index in [1.165, 1.54) is 13.2 Å². The van der Waals surface area contributed by atoms with Crippen molar-refractivity contribution in [1.29, 1.82) is 0 Å². The van der Waals surface area contributed by atoms with Crippen LogP contribution in [0.4, 0.5) is 0 Å². The summed E-state index contributed by atoms with van der Waals surface area (Å²) in [5, 5.41) is 2.68. The van der Waals surface area contributed by atoms with Crippen molar-refractivity contribution in [2.24, 2.45) is 0 Å². The second kappa shape index (κ2) is 3.76. The summed E-state index contributed by atoms with van der Waals surface area (Å²) in [6.07, 6.45) is 0. The number of hydrogen-bond donors (Lipinski definition) is 1. The Morgan fingerprint density at radius 1 is 1.41 bits per heavy atom. The number of carbonyl (C=O) groups excluding carboxylic acids is 2. The number of carbonyl (C=O) groups is 2. The number of amides is 1. The minimum atomic E-state index is -0.739. The molecular weight excluding hydrogens is 222 g/mol. The Balaban J connectivity index is 2.44. The third-order valence-electron chi connectivity index (χ3n) is 2.42. The SMILES string of the molecule is COC(=O)c1ccc2c(c1)C(=O)NC(C)(C)O2. The number of fused-ring (bicyclic) bond motifs is 1. The van der Waals surface area contributed by atoms with Gasteiger partial charge in [0.1, 0.15) is 5.75 Å². The van der Waals surface area contributed by atoms with Gasteiger partial charge in [0.25, 0.3) is 5.91 Å². The van der Waals surface area contributed by atoms with Crippen molar-refractivity contribution in [2.75, 3.05) is 7.11 Å². The van der Waals surface area contributed by atoms with E-state index in [9.17, 15) is 9.59 Å². The minimum absolute atomic E-state index is 0.262. The quantitative estimate of drug-likeness (QED) is 0.746. The zero-order valence-electron chi connectivity index (χ0n) is 9.87. The lowest BCUT2D eigenvalue weighted by Crippen LogP contribution is -2.51. The first-order chi connectivity index (χ1) is 7.93. The molecule has 0 saturated carbocycles. The molecule has 0 atom stereocenters. The lowest BCUT2D eigenvalue weighted by atomic mass is 10.1. The number of methoxy groups -OCH3 is 1. The molecule has 1 aliphatic rings. The molecule has 0 bridgehead atoms. The van der Waals surface area contributed by atoms with Crippen molar-refractivity contribution in [2.45, 2.75) is 19.6 Å². The molecule has 1 aromatic carbocycles. The number of hydrogen-bond acceptors (Lipinski definition) is 4. The van der Waals surface area contributed by atoms with Crippen molar-refractivity contribution >= 4 is 11.9 Å². The van der Waals surface area contributed by atoms with Gasteiger partial charge < -0.3 is 14.8 Å². The van der Waals surface area contributed by atoms with Crippen molar-refractivity contribution in [3.05, 3.63) is 29.3 Å². The normalized spacial score (nSPS) is 16.5. The largest absolute Gasteiger partial charge is 0.468 e. The number of rotatable bonds is 1. The lowest BCUT2D eigenvalue weighted by molar-refractivity contribution is 0.0432. The Bertz CT molecular complexity index is 493. The van der Waals surface area contributed by atoms with Gasteiger partial charge in [-0.15, -0.1) is 0 Å². The fourth-order valence-corrected chi connectivity index (χ4v) is 1.68. The molecule has 0 unspecified atom stereocenters. The van der Waals surface area contributed by atoms with Gasteiger partial charge in [-0.2, -0.15) is 0 Å².